The summed E-state index contributed by atoms with van der Waals surface area (Å²) in [4.78, 5) is 20.4. The zero-order chi connectivity index (χ0) is 18.4. The average molecular weight is 373 g/mol. The molecule has 2 heterocycles. The summed E-state index contributed by atoms with van der Waals surface area (Å²) in [7, 11) is 2.02. The molecule has 5 nitrogen and oxygen atoms in total. The monoisotopic (exact) mass is 372 g/mol. The van der Waals surface area contributed by atoms with Crippen molar-refractivity contribution in [1.29, 1.82) is 0 Å². The second-order valence-electron chi connectivity index (χ2n) is 6.96. The highest BCUT2D eigenvalue weighted by molar-refractivity contribution is 7.99. The fourth-order valence-electron chi connectivity index (χ4n) is 3.22. The molecule has 26 heavy (non-hydrogen) atoms. The molecule has 1 saturated heterocycles. The van der Waals surface area contributed by atoms with Gasteiger partial charge in [-0.15, -0.1) is 11.8 Å². The minimum atomic E-state index is 0.150. The maximum Gasteiger partial charge on any atom is 0.223 e. The zero-order valence-electron chi connectivity index (χ0n) is 15.6. The van der Waals surface area contributed by atoms with Crippen LogP contribution < -0.4 is 5.32 Å². The first kappa shape index (κ1) is 19.0. The van der Waals surface area contributed by atoms with Crippen molar-refractivity contribution in [1.82, 2.24) is 19.8 Å². The predicted molar refractivity (Wildman–Crippen MR) is 106 cm³/mol. The van der Waals surface area contributed by atoms with Crippen molar-refractivity contribution in [3.63, 3.8) is 0 Å². The molecular weight excluding hydrogens is 344 g/mol. The number of benzene rings is 1. The van der Waals surface area contributed by atoms with Crippen LogP contribution in [0.5, 0.6) is 0 Å². The van der Waals surface area contributed by atoms with Crippen molar-refractivity contribution in [3.8, 4) is 0 Å². The molecule has 1 N–H and O–H groups in total. The van der Waals surface area contributed by atoms with E-state index in [0.29, 0.717) is 0 Å². The molecule has 1 amide bonds. The first-order chi connectivity index (χ1) is 12.6. The van der Waals surface area contributed by atoms with Crippen LogP contribution in [0.4, 0.5) is 0 Å². The number of thioether (sulfide) groups is 1. The lowest BCUT2D eigenvalue weighted by atomic mass is 9.96. The molecule has 0 atom stereocenters. The van der Waals surface area contributed by atoms with E-state index < -0.39 is 0 Å². The number of amides is 1. The van der Waals surface area contributed by atoms with Crippen LogP contribution in [0.15, 0.2) is 41.6 Å². The average Bonchev–Trinajstić information content (AvgIpc) is 3.05. The van der Waals surface area contributed by atoms with Crippen LogP contribution in [-0.4, -0.2) is 45.7 Å². The zero-order valence-corrected chi connectivity index (χ0v) is 16.5. The molecule has 140 valence electrons. The van der Waals surface area contributed by atoms with Crippen molar-refractivity contribution in [2.24, 2.45) is 13.0 Å². The molecule has 2 aromatic rings. The summed E-state index contributed by atoms with van der Waals surface area (Å²) in [6, 6.07) is 8.53. The topological polar surface area (TPSA) is 50.2 Å². The smallest absolute Gasteiger partial charge is 0.223 e. The van der Waals surface area contributed by atoms with E-state index in [1.165, 1.54) is 10.5 Å². The van der Waals surface area contributed by atoms with E-state index in [1.54, 1.807) is 11.8 Å². The van der Waals surface area contributed by atoms with Gasteiger partial charge >= 0.3 is 0 Å². The molecule has 0 bridgehead atoms. The molecule has 0 aliphatic carbocycles. The van der Waals surface area contributed by atoms with Crippen molar-refractivity contribution >= 4 is 17.7 Å². The molecular formula is C20H28N4OS. The lowest BCUT2D eigenvalue weighted by Gasteiger charge is -2.30. The van der Waals surface area contributed by atoms with E-state index in [0.717, 1.165) is 50.6 Å². The highest BCUT2D eigenvalue weighted by Gasteiger charge is 2.25. The van der Waals surface area contributed by atoms with Gasteiger partial charge in [-0.3, -0.25) is 9.69 Å². The summed E-state index contributed by atoms with van der Waals surface area (Å²) in [5.74, 6) is 2.36. The molecule has 1 aliphatic heterocycles. The van der Waals surface area contributed by atoms with Gasteiger partial charge in [0.15, 0.2) is 0 Å². The Labute approximate surface area is 160 Å². The molecule has 0 radical (unpaired) electrons. The molecule has 0 spiro atoms. The van der Waals surface area contributed by atoms with Gasteiger partial charge in [-0.1, -0.05) is 17.7 Å². The highest BCUT2D eigenvalue weighted by Crippen LogP contribution is 2.20. The molecule has 1 aromatic carbocycles. The third-order valence-corrected chi connectivity index (χ3v) is 5.95. The largest absolute Gasteiger partial charge is 0.355 e. The Kier molecular flexibility index (Phi) is 6.74. The van der Waals surface area contributed by atoms with E-state index in [9.17, 15) is 4.79 Å². The Morgan fingerprint density at radius 1 is 1.27 bits per heavy atom. The number of imidazole rings is 1. The second kappa shape index (κ2) is 9.24. The van der Waals surface area contributed by atoms with Gasteiger partial charge in [0, 0.05) is 42.6 Å². The first-order valence-corrected chi connectivity index (χ1v) is 10.3. The van der Waals surface area contributed by atoms with Crippen LogP contribution >= 0.6 is 11.8 Å². The predicted octanol–water partition coefficient (Wildman–Crippen LogP) is 2.85. The van der Waals surface area contributed by atoms with Gasteiger partial charge in [0.1, 0.15) is 5.82 Å². The number of nitrogens with zero attached hydrogens (tertiary/aromatic N) is 3. The van der Waals surface area contributed by atoms with Crippen LogP contribution in [0.3, 0.4) is 0 Å². The Morgan fingerprint density at radius 3 is 2.65 bits per heavy atom. The van der Waals surface area contributed by atoms with E-state index in [2.05, 4.69) is 51.0 Å². The molecule has 0 saturated carbocycles. The fourth-order valence-corrected chi connectivity index (χ4v) is 3.99. The van der Waals surface area contributed by atoms with Gasteiger partial charge in [0.05, 0.1) is 6.54 Å². The molecule has 3 rings (SSSR count). The van der Waals surface area contributed by atoms with E-state index in [1.807, 2.05) is 19.4 Å². The minimum Gasteiger partial charge on any atom is -0.355 e. The molecule has 6 heteroatoms. The van der Waals surface area contributed by atoms with Crippen LogP contribution in [-0.2, 0) is 18.4 Å². The molecule has 1 aromatic heterocycles. The fraction of sp³-hybridized carbons (Fsp3) is 0.500. The van der Waals surface area contributed by atoms with Gasteiger partial charge < -0.3 is 9.88 Å². The summed E-state index contributed by atoms with van der Waals surface area (Å²) < 4.78 is 2.06. The summed E-state index contributed by atoms with van der Waals surface area (Å²) in [6.07, 6.45) is 5.68. The van der Waals surface area contributed by atoms with Crippen molar-refractivity contribution in [3.05, 3.63) is 48.0 Å². The van der Waals surface area contributed by atoms with E-state index in [4.69, 9.17) is 0 Å². The normalized spacial score (nSPS) is 15.9. The third kappa shape index (κ3) is 5.35. The van der Waals surface area contributed by atoms with Gasteiger partial charge in [-0.05, 0) is 45.0 Å². The molecule has 1 aliphatic rings. The summed E-state index contributed by atoms with van der Waals surface area (Å²) in [5, 5.41) is 3.11. The van der Waals surface area contributed by atoms with Crippen molar-refractivity contribution in [2.75, 3.05) is 25.4 Å². The van der Waals surface area contributed by atoms with Crippen LogP contribution in [0, 0.1) is 12.8 Å². The number of rotatable bonds is 7. The number of aryl methyl sites for hydroxylation is 2. The third-order valence-electron chi connectivity index (χ3n) is 4.94. The lowest BCUT2D eigenvalue weighted by molar-refractivity contribution is -0.126. The van der Waals surface area contributed by atoms with Gasteiger partial charge in [0.2, 0.25) is 5.91 Å². The number of piperidine rings is 1. The lowest BCUT2D eigenvalue weighted by Crippen LogP contribution is -2.41. The van der Waals surface area contributed by atoms with Crippen LogP contribution in [0.25, 0.3) is 0 Å². The molecule has 0 unspecified atom stereocenters. The minimum absolute atomic E-state index is 0.150. The van der Waals surface area contributed by atoms with Gasteiger partial charge in [0.25, 0.3) is 0 Å². The molecule has 1 fully saturated rings. The van der Waals surface area contributed by atoms with E-state index >= 15 is 0 Å². The Morgan fingerprint density at radius 2 is 2.00 bits per heavy atom. The summed E-state index contributed by atoms with van der Waals surface area (Å²) >= 11 is 1.79. The first-order valence-electron chi connectivity index (χ1n) is 9.27. The maximum atomic E-state index is 12.4. The number of nitrogens with one attached hydrogen (secondary N) is 1. The van der Waals surface area contributed by atoms with Gasteiger partial charge in [-0.2, -0.15) is 0 Å². The van der Waals surface area contributed by atoms with Crippen molar-refractivity contribution < 1.29 is 4.79 Å². The number of hydrogen-bond donors (Lipinski definition) is 1. The number of likely N-dealkylation sites (tertiary alicyclic amines) is 1. The number of carbonyl (C=O) groups is 1. The summed E-state index contributed by atoms with van der Waals surface area (Å²) in [6.45, 7) is 5.61. The number of aromatic nitrogens is 2. The number of hydrogen-bond acceptors (Lipinski definition) is 4. The maximum absolute atomic E-state index is 12.4. The standard InChI is InChI=1S/C20H28N4OS/c1-16-3-5-18(6-4-16)26-14-10-22-20(25)17-7-11-24(12-8-17)15-19-21-9-13-23(19)2/h3-6,9,13,17H,7-8,10-12,14-15H2,1-2H3,(H,22,25). The Balaban J connectivity index is 1.33. The summed E-state index contributed by atoms with van der Waals surface area (Å²) in [5.41, 5.74) is 1.27. The highest BCUT2D eigenvalue weighted by atomic mass is 32.2. The van der Waals surface area contributed by atoms with Gasteiger partial charge in [-0.25, -0.2) is 4.98 Å². The number of carbonyl (C=O) groups excluding carboxylic acids is 1. The quantitative estimate of drug-likeness (QED) is 0.600. The Hall–Kier alpha value is -1.79. The van der Waals surface area contributed by atoms with Crippen molar-refractivity contribution in [2.45, 2.75) is 31.2 Å². The van der Waals surface area contributed by atoms with Crippen LogP contribution in [0.1, 0.15) is 24.2 Å². The van der Waals surface area contributed by atoms with E-state index in [-0.39, 0.29) is 11.8 Å². The SMILES string of the molecule is Cc1ccc(SCCNC(=O)C2CCN(Cc3nccn3C)CC2)cc1. The Bertz CT molecular complexity index is 705. The van der Waals surface area contributed by atoms with Crippen LogP contribution in [0.2, 0.25) is 0 Å². The second-order valence-corrected chi connectivity index (χ2v) is 8.13.